The Hall–Kier alpha value is -3.32. The molecule has 2 aromatic carbocycles. The van der Waals surface area contributed by atoms with Gasteiger partial charge < -0.3 is 19.8 Å². The molecule has 1 aromatic heterocycles. The Balaban J connectivity index is 1.74. The van der Waals surface area contributed by atoms with Crippen molar-refractivity contribution in [2.75, 3.05) is 18.5 Å². The van der Waals surface area contributed by atoms with Gasteiger partial charge >= 0.3 is 5.97 Å². The second-order valence-corrected chi connectivity index (χ2v) is 6.24. The number of fused-ring (bicyclic) bond motifs is 1. The lowest BCUT2D eigenvalue weighted by Crippen LogP contribution is -2.21. The smallest absolute Gasteiger partial charge is 0.343 e. The van der Waals surface area contributed by atoms with E-state index in [2.05, 4.69) is 10.3 Å². The number of aromatic amines is 1. The van der Waals surface area contributed by atoms with Crippen LogP contribution in [0.4, 0.5) is 5.69 Å². The lowest BCUT2D eigenvalue weighted by atomic mass is 10.1. The number of nitrogens with one attached hydrogen (secondary N) is 2. The molecular weight excluding hydrogens is 384 g/mol. The van der Waals surface area contributed by atoms with Gasteiger partial charge in [0.1, 0.15) is 11.3 Å². The van der Waals surface area contributed by atoms with E-state index in [9.17, 15) is 14.4 Å². The number of carbonyl (C=O) groups is 2. The summed E-state index contributed by atoms with van der Waals surface area (Å²) in [6.45, 7) is 1.62. The summed E-state index contributed by atoms with van der Waals surface area (Å²) in [5.41, 5.74) is 0.377. The van der Waals surface area contributed by atoms with Crippen molar-refractivity contribution in [1.82, 2.24) is 4.98 Å². The molecule has 1 heterocycles. The number of hydrogen-bond acceptors (Lipinski definition) is 5. The van der Waals surface area contributed by atoms with E-state index in [1.807, 2.05) is 0 Å². The number of hydrogen-bond donors (Lipinski definition) is 2. The van der Waals surface area contributed by atoms with Crippen LogP contribution in [0.15, 0.2) is 53.5 Å². The highest BCUT2D eigenvalue weighted by atomic mass is 35.5. The zero-order valence-corrected chi connectivity index (χ0v) is 15.7. The van der Waals surface area contributed by atoms with Gasteiger partial charge in [-0.05, 0) is 49.4 Å². The van der Waals surface area contributed by atoms with E-state index < -0.39 is 17.3 Å². The molecule has 28 heavy (non-hydrogen) atoms. The quantitative estimate of drug-likeness (QED) is 0.618. The van der Waals surface area contributed by atoms with Gasteiger partial charge in [0.2, 0.25) is 5.43 Å². The van der Waals surface area contributed by atoms with Gasteiger partial charge in [-0.2, -0.15) is 0 Å². The molecule has 0 spiro atoms. The van der Waals surface area contributed by atoms with Crippen LogP contribution in [0.25, 0.3) is 10.9 Å². The second-order valence-electron chi connectivity index (χ2n) is 5.80. The third-order valence-electron chi connectivity index (χ3n) is 3.84. The van der Waals surface area contributed by atoms with E-state index >= 15 is 0 Å². The second kappa shape index (κ2) is 8.58. The van der Waals surface area contributed by atoms with E-state index in [0.717, 1.165) is 0 Å². The Morgan fingerprint density at radius 2 is 1.89 bits per heavy atom. The molecule has 2 N–H and O–H groups in total. The Morgan fingerprint density at radius 3 is 2.61 bits per heavy atom. The standard InChI is InChI=1S/C20H17ClN2O5/c1-2-27-20(26)16-10-22-17-8-5-13(9-15(17)19(16)25)23-18(24)11-28-14-6-3-12(21)4-7-14/h3-10H,2,11H2,1H3,(H,22,25)(H,23,24). The Morgan fingerprint density at radius 1 is 1.14 bits per heavy atom. The summed E-state index contributed by atoms with van der Waals surface area (Å²) in [7, 11) is 0. The number of amides is 1. The molecule has 0 radical (unpaired) electrons. The van der Waals surface area contributed by atoms with E-state index in [1.165, 1.54) is 12.3 Å². The molecule has 1 amide bonds. The van der Waals surface area contributed by atoms with E-state index in [4.69, 9.17) is 21.1 Å². The molecule has 0 saturated heterocycles. The van der Waals surface area contributed by atoms with Crippen molar-refractivity contribution >= 4 is 40.1 Å². The molecule has 0 aliphatic rings. The molecule has 0 aliphatic carbocycles. The summed E-state index contributed by atoms with van der Waals surface area (Å²) < 4.78 is 10.3. The fourth-order valence-electron chi connectivity index (χ4n) is 2.53. The third kappa shape index (κ3) is 4.50. The van der Waals surface area contributed by atoms with E-state index in [1.54, 1.807) is 43.3 Å². The maximum absolute atomic E-state index is 12.6. The predicted octanol–water partition coefficient (Wildman–Crippen LogP) is 3.38. The molecule has 8 heteroatoms. The van der Waals surface area contributed by atoms with Gasteiger partial charge in [-0.25, -0.2) is 4.79 Å². The zero-order chi connectivity index (χ0) is 20.1. The summed E-state index contributed by atoms with van der Waals surface area (Å²) in [5.74, 6) is -0.586. The zero-order valence-electron chi connectivity index (χ0n) is 15.0. The van der Waals surface area contributed by atoms with Crippen molar-refractivity contribution < 1.29 is 19.1 Å². The first-order valence-corrected chi connectivity index (χ1v) is 8.86. The molecule has 0 fully saturated rings. The monoisotopic (exact) mass is 400 g/mol. The van der Waals surface area contributed by atoms with Crippen molar-refractivity contribution in [3.8, 4) is 5.75 Å². The summed E-state index contributed by atoms with van der Waals surface area (Å²) in [5, 5.41) is 3.49. The Bertz CT molecular complexity index is 1080. The number of aromatic nitrogens is 1. The van der Waals surface area contributed by atoms with E-state index in [-0.39, 0.29) is 24.2 Å². The number of benzene rings is 2. The number of rotatable bonds is 6. The number of anilines is 1. The summed E-state index contributed by atoms with van der Waals surface area (Å²) >= 11 is 5.80. The normalized spacial score (nSPS) is 10.5. The van der Waals surface area contributed by atoms with Crippen LogP contribution in [0.3, 0.4) is 0 Å². The first-order chi connectivity index (χ1) is 13.5. The predicted molar refractivity (Wildman–Crippen MR) is 106 cm³/mol. The average molecular weight is 401 g/mol. The number of halogens is 1. The van der Waals surface area contributed by atoms with Crippen LogP contribution < -0.4 is 15.5 Å². The molecule has 3 aromatic rings. The first-order valence-electron chi connectivity index (χ1n) is 8.48. The molecule has 0 saturated carbocycles. The van der Waals surface area contributed by atoms with Crippen LogP contribution in [0.2, 0.25) is 5.02 Å². The highest BCUT2D eigenvalue weighted by molar-refractivity contribution is 6.30. The SMILES string of the molecule is CCOC(=O)c1c[nH]c2ccc(NC(=O)COc3ccc(Cl)cc3)cc2c1=O. The summed E-state index contributed by atoms with van der Waals surface area (Å²) in [6.07, 6.45) is 1.32. The summed E-state index contributed by atoms with van der Waals surface area (Å²) in [4.78, 5) is 39.4. The fraction of sp³-hybridized carbons (Fsp3) is 0.150. The van der Waals surface area contributed by atoms with Gasteiger partial charge in [-0.3, -0.25) is 9.59 Å². The lowest BCUT2D eigenvalue weighted by Gasteiger charge is -2.09. The van der Waals surface area contributed by atoms with Gasteiger partial charge in [0, 0.05) is 27.8 Å². The van der Waals surface area contributed by atoms with Crippen molar-refractivity contribution in [1.29, 1.82) is 0 Å². The van der Waals surface area contributed by atoms with Crippen LogP contribution in [0, 0.1) is 0 Å². The van der Waals surface area contributed by atoms with Crippen LogP contribution in [0.5, 0.6) is 5.75 Å². The number of pyridine rings is 1. The van der Waals surface area contributed by atoms with Crippen LogP contribution >= 0.6 is 11.6 Å². The highest BCUT2D eigenvalue weighted by Crippen LogP contribution is 2.17. The number of ether oxygens (including phenoxy) is 2. The van der Waals surface area contributed by atoms with Gasteiger partial charge in [0.15, 0.2) is 6.61 Å². The minimum Gasteiger partial charge on any atom is -0.484 e. The van der Waals surface area contributed by atoms with Crippen LogP contribution in [-0.2, 0) is 9.53 Å². The minimum absolute atomic E-state index is 0.0936. The Labute approximate surface area is 165 Å². The number of H-pyrrole nitrogens is 1. The van der Waals surface area contributed by atoms with Gasteiger partial charge in [-0.1, -0.05) is 11.6 Å². The molecule has 7 nitrogen and oxygen atoms in total. The first kappa shape index (κ1) is 19.4. The van der Waals surface area contributed by atoms with Gasteiger partial charge in [-0.15, -0.1) is 0 Å². The molecule has 0 atom stereocenters. The van der Waals surface area contributed by atoms with Crippen molar-refractivity contribution in [2.24, 2.45) is 0 Å². The van der Waals surface area contributed by atoms with E-state index in [0.29, 0.717) is 22.0 Å². The maximum Gasteiger partial charge on any atom is 0.343 e. The average Bonchev–Trinajstić information content (AvgIpc) is 2.68. The van der Waals surface area contributed by atoms with Crippen molar-refractivity contribution in [2.45, 2.75) is 6.92 Å². The summed E-state index contributed by atoms with van der Waals surface area (Å²) in [6, 6.07) is 11.4. The largest absolute Gasteiger partial charge is 0.484 e. The minimum atomic E-state index is -0.698. The number of esters is 1. The molecule has 0 unspecified atom stereocenters. The van der Waals surface area contributed by atoms with Gasteiger partial charge in [0.25, 0.3) is 5.91 Å². The van der Waals surface area contributed by atoms with Crippen LogP contribution in [-0.4, -0.2) is 30.1 Å². The molecule has 3 rings (SSSR count). The van der Waals surface area contributed by atoms with Crippen molar-refractivity contribution in [3.63, 3.8) is 0 Å². The van der Waals surface area contributed by atoms with Gasteiger partial charge in [0.05, 0.1) is 6.61 Å². The lowest BCUT2D eigenvalue weighted by molar-refractivity contribution is -0.118. The molecular formula is C20H17ClN2O5. The third-order valence-corrected chi connectivity index (χ3v) is 4.10. The topological polar surface area (TPSA) is 97.5 Å². The highest BCUT2D eigenvalue weighted by Gasteiger charge is 2.14. The Kier molecular flexibility index (Phi) is 5.96. The molecule has 0 bridgehead atoms. The molecule has 144 valence electrons. The van der Waals surface area contributed by atoms with Crippen molar-refractivity contribution in [3.05, 3.63) is 69.5 Å². The maximum atomic E-state index is 12.6. The fourth-order valence-corrected chi connectivity index (χ4v) is 2.66. The number of carbonyl (C=O) groups excluding carboxylic acids is 2. The van der Waals surface area contributed by atoms with Crippen LogP contribution in [0.1, 0.15) is 17.3 Å². The molecule has 0 aliphatic heterocycles.